The van der Waals surface area contributed by atoms with Gasteiger partial charge in [0, 0.05) is 12.4 Å². The van der Waals surface area contributed by atoms with E-state index in [4.69, 9.17) is 4.74 Å². The minimum absolute atomic E-state index is 0.489. The zero-order valence-corrected chi connectivity index (χ0v) is 12.4. The summed E-state index contributed by atoms with van der Waals surface area (Å²) in [5.74, 6) is 1.27. The van der Waals surface area contributed by atoms with Crippen LogP contribution in [-0.2, 0) is 5.60 Å². The van der Waals surface area contributed by atoms with Crippen LogP contribution in [0.1, 0.15) is 23.9 Å². The van der Waals surface area contributed by atoms with Crippen molar-refractivity contribution in [2.45, 2.75) is 12.5 Å². The second-order valence-electron chi connectivity index (χ2n) is 4.97. The van der Waals surface area contributed by atoms with Gasteiger partial charge in [0.2, 0.25) is 0 Å². The maximum atomic E-state index is 11.4. The monoisotopic (exact) mass is 294 g/mol. The minimum Gasteiger partial charge on any atom is -0.494 e. The number of aliphatic hydroxyl groups is 1. The predicted octanol–water partition coefficient (Wildman–Crippen LogP) is 3.09. The van der Waals surface area contributed by atoms with Crippen LogP contribution in [0, 0.1) is 0 Å². The molecule has 2 N–H and O–H groups in total. The van der Waals surface area contributed by atoms with Crippen LogP contribution in [0.4, 0.5) is 0 Å². The SMILES string of the molecule is CCOc1ccc(C(O)(c2ccccc2)c2ncc[nH]2)cc1. The van der Waals surface area contributed by atoms with Crippen molar-refractivity contribution in [2.24, 2.45) is 0 Å². The second kappa shape index (κ2) is 6.03. The lowest BCUT2D eigenvalue weighted by Crippen LogP contribution is -2.30. The van der Waals surface area contributed by atoms with Gasteiger partial charge < -0.3 is 14.8 Å². The van der Waals surface area contributed by atoms with Crippen LogP contribution in [0.15, 0.2) is 67.0 Å². The van der Waals surface area contributed by atoms with Gasteiger partial charge in [-0.25, -0.2) is 4.98 Å². The summed E-state index contributed by atoms with van der Waals surface area (Å²) < 4.78 is 5.46. The molecule has 3 aromatic rings. The summed E-state index contributed by atoms with van der Waals surface area (Å²) in [4.78, 5) is 7.29. The molecule has 0 spiro atoms. The number of ether oxygens (including phenoxy) is 1. The topological polar surface area (TPSA) is 58.1 Å². The van der Waals surface area contributed by atoms with E-state index >= 15 is 0 Å². The number of nitrogens with one attached hydrogen (secondary N) is 1. The molecule has 0 aliphatic carbocycles. The van der Waals surface area contributed by atoms with Crippen molar-refractivity contribution >= 4 is 0 Å². The fraction of sp³-hybridized carbons (Fsp3) is 0.167. The molecule has 4 heteroatoms. The van der Waals surface area contributed by atoms with Crippen molar-refractivity contribution in [2.75, 3.05) is 6.61 Å². The number of rotatable bonds is 5. The Morgan fingerprint density at radius 2 is 1.73 bits per heavy atom. The lowest BCUT2D eigenvalue weighted by molar-refractivity contribution is 0.116. The Morgan fingerprint density at radius 3 is 2.32 bits per heavy atom. The first-order valence-electron chi connectivity index (χ1n) is 7.26. The highest BCUT2D eigenvalue weighted by Crippen LogP contribution is 2.35. The molecule has 0 bridgehead atoms. The van der Waals surface area contributed by atoms with Crippen LogP contribution in [-0.4, -0.2) is 21.7 Å². The molecule has 0 radical (unpaired) electrons. The van der Waals surface area contributed by atoms with E-state index in [1.165, 1.54) is 0 Å². The number of benzene rings is 2. The van der Waals surface area contributed by atoms with E-state index in [0.29, 0.717) is 12.4 Å². The molecule has 0 fully saturated rings. The van der Waals surface area contributed by atoms with E-state index in [0.717, 1.165) is 16.9 Å². The van der Waals surface area contributed by atoms with Crippen molar-refractivity contribution in [3.63, 3.8) is 0 Å². The first-order valence-corrected chi connectivity index (χ1v) is 7.26. The van der Waals surface area contributed by atoms with E-state index in [-0.39, 0.29) is 0 Å². The average Bonchev–Trinajstić information content (AvgIpc) is 3.11. The van der Waals surface area contributed by atoms with Crippen molar-refractivity contribution in [1.29, 1.82) is 0 Å². The van der Waals surface area contributed by atoms with Crippen molar-refractivity contribution in [3.8, 4) is 5.75 Å². The minimum atomic E-state index is -1.32. The zero-order chi connectivity index (χ0) is 15.4. The second-order valence-corrected chi connectivity index (χ2v) is 4.97. The highest BCUT2D eigenvalue weighted by molar-refractivity contribution is 5.44. The lowest BCUT2D eigenvalue weighted by atomic mass is 9.85. The summed E-state index contributed by atoms with van der Waals surface area (Å²) in [5, 5.41) is 11.4. The predicted molar refractivity (Wildman–Crippen MR) is 84.7 cm³/mol. The van der Waals surface area contributed by atoms with Gasteiger partial charge in [-0.05, 0) is 30.2 Å². The number of H-pyrrole nitrogens is 1. The first kappa shape index (κ1) is 14.4. The normalized spacial score (nSPS) is 13.5. The average molecular weight is 294 g/mol. The summed E-state index contributed by atoms with van der Waals surface area (Å²) in [7, 11) is 0. The third kappa shape index (κ3) is 2.49. The fourth-order valence-electron chi connectivity index (χ4n) is 2.54. The van der Waals surface area contributed by atoms with Crippen molar-refractivity contribution in [1.82, 2.24) is 9.97 Å². The van der Waals surface area contributed by atoms with Gasteiger partial charge in [-0.2, -0.15) is 0 Å². The van der Waals surface area contributed by atoms with Crippen LogP contribution in [0.2, 0.25) is 0 Å². The molecule has 0 saturated heterocycles. The Labute approximate surface area is 129 Å². The van der Waals surface area contributed by atoms with Crippen LogP contribution < -0.4 is 4.74 Å². The maximum absolute atomic E-state index is 11.4. The van der Waals surface area contributed by atoms with Gasteiger partial charge in [0.1, 0.15) is 11.6 Å². The first-order chi connectivity index (χ1) is 10.7. The molecular weight excluding hydrogens is 276 g/mol. The largest absolute Gasteiger partial charge is 0.494 e. The molecule has 1 unspecified atom stereocenters. The Balaban J connectivity index is 2.10. The van der Waals surface area contributed by atoms with Crippen molar-refractivity contribution < 1.29 is 9.84 Å². The van der Waals surface area contributed by atoms with Crippen LogP contribution >= 0.6 is 0 Å². The smallest absolute Gasteiger partial charge is 0.172 e. The van der Waals surface area contributed by atoms with E-state index in [9.17, 15) is 5.11 Å². The molecule has 3 rings (SSSR count). The summed E-state index contributed by atoms with van der Waals surface area (Å²) >= 11 is 0. The molecule has 1 heterocycles. The summed E-state index contributed by atoms with van der Waals surface area (Å²) in [5.41, 5.74) is 0.168. The fourth-order valence-corrected chi connectivity index (χ4v) is 2.54. The third-order valence-corrected chi connectivity index (χ3v) is 3.62. The van der Waals surface area contributed by atoms with E-state index in [1.807, 2.05) is 61.5 Å². The molecule has 22 heavy (non-hydrogen) atoms. The van der Waals surface area contributed by atoms with E-state index < -0.39 is 5.60 Å². The standard InChI is InChI=1S/C18H18N2O2/c1-2-22-16-10-8-15(9-11-16)18(21,17-19-12-13-20-17)14-6-4-3-5-7-14/h3-13,21H,2H2,1H3,(H,19,20). The number of imidazole rings is 1. The summed E-state index contributed by atoms with van der Waals surface area (Å²) in [6.07, 6.45) is 3.34. The highest BCUT2D eigenvalue weighted by atomic mass is 16.5. The number of nitrogens with zero attached hydrogens (tertiary/aromatic N) is 1. The van der Waals surface area contributed by atoms with Gasteiger partial charge >= 0.3 is 0 Å². The van der Waals surface area contributed by atoms with Gasteiger partial charge in [-0.1, -0.05) is 42.5 Å². The van der Waals surface area contributed by atoms with Gasteiger partial charge in [0.15, 0.2) is 5.60 Å². The molecule has 2 aromatic carbocycles. The molecule has 0 aliphatic rings. The van der Waals surface area contributed by atoms with Gasteiger partial charge in [0.05, 0.1) is 6.61 Å². The van der Waals surface area contributed by atoms with Crippen LogP contribution in [0.3, 0.4) is 0 Å². The molecule has 4 nitrogen and oxygen atoms in total. The number of hydrogen-bond acceptors (Lipinski definition) is 3. The van der Waals surface area contributed by atoms with Crippen LogP contribution in [0.5, 0.6) is 5.75 Å². The Bertz CT molecular complexity index is 709. The van der Waals surface area contributed by atoms with Gasteiger partial charge in [0.25, 0.3) is 0 Å². The molecular formula is C18H18N2O2. The number of hydrogen-bond donors (Lipinski definition) is 2. The number of aromatic nitrogens is 2. The summed E-state index contributed by atoms with van der Waals surface area (Å²) in [6, 6.07) is 16.9. The zero-order valence-electron chi connectivity index (χ0n) is 12.4. The highest BCUT2D eigenvalue weighted by Gasteiger charge is 2.36. The Hall–Kier alpha value is -2.59. The van der Waals surface area contributed by atoms with Crippen molar-refractivity contribution in [3.05, 3.63) is 83.9 Å². The Kier molecular flexibility index (Phi) is 3.94. The molecule has 1 aromatic heterocycles. The summed E-state index contributed by atoms with van der Waals surface area (Å²) in [6.45, 7) is 2.55. The van der Waals surface area contributed by atoms with E-state index in [1.54, 1.807) is 12.4 Å². The van der Waals surface area contributed by atoms with Gasteiger partial charge in [-0.3, -0.25) is 0 Å². The molecule has 112 valence electrons. The molecule has 1 atom stereocenters. The molecule has 0 aliphatic heterocycles. The lowest BCUT2D eigenvalue weighted by Gasteiger charge is -2.27. The third-order valence-electron chi connectivity index (χ3n) is 3.62. The maximum Gasteiger partial charge on any atom is 0.172 e. The quantitative estimate of drug-likeness (QED) is 0.760. The van der Waals surface area contributed by atoms with E-state index in [2.05, 4.69) is 9.97 Å². The number of aromatic amines is 1. The van der Waals surface area contributed by atoms with Crippen LogP contribution in [0.25, 0.3) is 0 Å². The molecule has 0 amide bonds. The Morgan fingerprint density at radius 1 is 1.05 bits per heavy atom. The van der Waals surface area contributed by atoms with Gasteiger partial charge in [-0.15, -0.1) is 0 Å². The molecule has 0 saturated carbocycles.